The Labute approximate surface area is 107 Å². The Morgan fingerprint density at radius 1 is 1.39 bits per heavy atom. The van der Waals surface area contributed by atoms with Crippen molar-refractivity contribution in [2.45, 2.75) is 45.1 Å². The van der Waals surface area contributed by atoms with Crippen molar-refractivity contribution < 1.29 is 14.3 Å². The number of hydrogen-bond donors (Lipinski definition) is 1. The molecule has 1 aromatic carbocycles. The number of carbonyl (C=O) groups is 1. The van der Waals surface area contributed by atoms with E-state index in [4.69, 9.17) is 9.47 Å². The van der Waals surface area contributed by atoms with Gasteiger partial charge in [-0.3, -0.25) is 0 Å². The SMILES string of the molecule is CC1CC(NC(=O)OCc2ccccc2)C(C)O1. The van der Waals surface area contributed by atoms with Gasteiger partial charge < -0.3 is 14.8 Å². The minimum absolute atomic E-state index is 0.0447. The van der Waals surface area contributed by atoms with Crippen LogP contribution >= 0.6 is 0 Å². The highest BCUT2D eigenvalue weighted by molar-refractivity contribution is 5.67. The van der Waals surface area contributed by atoms with E-state index >= 15 is 0 Å². The molecule has 3 atom stereocenters. The van der Waals surface area contributed by atoms with E-state index in [1.165, 1.54) is 0 Å². The minimum Gasteiger partial charge on any atom is -0.445 e. The topological polar surface area (TPSA) is 47.6 Å². The Balaban J connectivity index is 1.76. The average molecular weight is 249 g/mol. The van der Waals surface area contributed by atoms with E-state index < -0.39 is 0 Å². The van der Waals surface area contributed by atoms with Crippen molar-refractivity contribution in [1.82, 2.24) is 5.32 Å². The zero-order valence-electron chi connectivity index (χ0n) is 10.8. The molecule has 0 spiro atoms. The van der Waals surface area contributed by atoms with Gasteiger partial charge in [-0.2, -0.15) is 0 Å². The highest BCUT2D eigenvalue weighted by atomic mass is 16.5. The van der Waals surface area contributed by atoms with Crippen LogP contribution in [0.5, 0.6) is 0 Å². The van der Waals surface area contributed by atoms with Crippen LogP contribution in [-0.4, -0.2) is 24.3 Å². The zero-order chi connectivity index (χ0) is 13.0. The quantitative estimate of drug-likeness (QED) is 0.895. The zero-order valence-corrected chi connectivity index (χ0v) is 10.8. The standard InChI is InChI=1S/C14H19NO3/c1-10-8-13(11(2)18-10)15-14(16)17-9-12-6-4-3-5-7-12/h3-7,10-11,13H,8-9H2,1-2H3,(H,15,16). The maximum atomic E-state index is 11.6. The lowest BCUT2D eigenvalue weighted by Crippen LogP contribution is -2.39. The molecule has 1 fully saturated rings. The maximum absolute atomic E-state index is 11.6. The number of amides is 1. The van der Waals surface area contributed by atoms with Gasteiger partial charge in [-0.15, -0.1) is 0 Å². The van der Waals surface area contributed by atoms with Crippen molar-refractivity contribution in [3.8, 4) is 0 Å². The molecule has 0 saturated carbocycles. The van der Waals surface area contributed by atoms with Gasteiger partial charge in [0, 0.05) is 0 Å². The summed E-state index contributed by atoms with van der Waals surface area (Å²) in [5.74, 6) is 0. The van der Waals surface area contributed by atoms with Gasteiger partial charge in [0.15, 0.2) is 0 Å². The Bertz CT molecular complexity index is 393. The molecule has 2 rings (SSSR count). The summed E-state index contributed by atoms with van der Waals surface area (Å²) in [6.45, 7) is 4.27. The second-order valence-corrected chi connectivity index (χ2v) is 4.70. The number of benzene rings is 1. The molecule has 0 bridgehead atoms. The van der Waals surface area contributed by atoms with Crippen molar-refractivity contribution in [3.05, 3.63) is 35.9 Å². The van der Waals surface area contributed by atoms with Crippen LogP contribution in [0.2, 0.25) is 0 Å². The van der Waals surface area contributed by atoms with Crippen LogP contribution < -0.4 is 5.32 Å². The molecule has 0 aromatic heterocycles. The second-order valence-electron chi connectivity index (χ2n) is 4.70. The van der Waals surface area contributed by atoms with E-state index in [0.29, 0.717) is 6.61 Å². The molecule has 4 nitrogen and oxygen atoms in total. The average Bonchev–Trinajstić information content (AvgIpc) is 2.67. The molecule has 1 aliphatic heterocycles. The molecule has 1 N–H and O–H groups in total. The molecule has 0 aliphatic carbocycles. The van der Waals surface area contributed by atoms with Crippen molar-refractivity contribution in [2.24, 2.45) is 0 Å². The summed E-state index contributed by atoms with van der Waals surface area (Å²) >= 11 is 0. The fraction of sp³-hybridized carbons (Fsp3) is 0.500. The highest BCUT2D eigenvalue weighted by Crippen LogP contribution is 2.19. The summed E-state index contributed by atoms with van der Waals surface area (Å²) in [4.78, 5) is 11.6. The summed E-state index contributed by atoms with van der Waals surface area (Å²) in [6.07, 6.45) is 0.693. The van der Waals surface area contributed by atoms with E-state index in [0.717, 1.165) is 12.0 Å². The van der Waals surface area contributed by atoms with Crippen LogP contribution in [0, 0.1) is 0 Å². The summed E-state index contributed by atoms with van der Waals surface area (Å²) in [5, 5.41) is 2.84. The molecule has 1 aliphatic rings. The predicted octanol–water partition coefficient (Wildman–Crippen LogP) is 2.48. The first-order valence-corrected chi connectivity index (χ1v) is 6.28. The summed E-state index contributed by atoms with van der Waals surface area (Å²) in [7, 11) is 0. The molecule has 1 heterocycles. The van der Waals surface area contributed by atoms with Gasteiger partial charge >= 0.3 is 6.09 Å². The number of nitrogens with one attached hydrogen (secondary N) is 1. The second kappa shape index (κ2) is 5.87. The summed E-state index contributed by atoms with van der Waals surface area (Å²) in [6, 6.07) is 9.68. The molecule has 1 amide bonds. The summed E-state index contributed by atoms with van der Waals surface area (Å²) in [5.41, 5.74) is 0.983. The van der Waals surface area contributed by atoms with Crippen LogP contribution in [-0.2, 0) is 16.1 Å². The van der Waals surface area contributed by atoms with Crippen LogP contribution in [0.4, 0.5) is 4.79 Å². The van der Waals surface area contributed by atoms with Crippen LogP contribution in [0.3, 0.4) is 0 Å². The van der Waals surface area contributed by atoms with Crippen LogP contribution in [0.1, 0.15) is 25.8 Å². The Kier molecular flexibility index (Phi) is 4.20. The van der Waals surface area contributed by atoms with E-state index in [1.807, 2.05) is 44.2 Å². The van der Waals surface area contributed by atoms with Gasteiger partial charge in [0.1, 0.15) is 6.61 Å². The van der Waals surface area contributed by atoms with Crippen LogP contribution in [0.25, 0.3) is 0 Å². The number of carbonyl (C=O) groups excluding carboxylic acids is 1. The largest absolute Gasteiger partial charge is 0.445 e. The van der Waals surface area contributed by atoms with Gasteiger partial charge in [-0.1, -0.05) is 30.3 Å². The molecular weight excluding hydrogens is 230 g/mol. The first-order valence-electron chi connectivity index (χ1n) is 6.28. The molecule has 18 heavy (non-hydrogen) atoms. The molecular formula is C14H19NO3. The molecule has 98 valence electrons. The maximum Gasteiger partial charge on any atom is 0.407 e. The lowest BCUT2D eigenvalue weighted by Gasteiger charge is -2.15. The lowest BCUT2D eigenvalue weighted by atomic mass is 10.1. The number of alkyl carbamates (subject to hydrolysis) is 1. The van der Waals surface area contributed by atoms with Crippen molar-refractivity contribution in [2.75, 3.05) is 0 Å². The smallest absolute Gasteiger partial charge is 0.407 e. The Hall–Kier alpha value is -1.55. The fourth-order valence-electron chi connectivity index (χ4n) is 2.16. The molecule has 1 saturated heterocycles. The van der Waals surface area contributed by atoms with E-state index in [1.54, 1.807) is 0 Å². The normalized spacial score (nSPS) is 26.9. The third kappa shape index (κ3) is 3.47. The number of rotatable bonds is 3. The third-order valence-electron chi connectivity index (χ3n) is 3.12. The molecule has 3 unspecified atom stereocenters. The van der Waals surface area contributed by atoms with Crippen molar-refractivity contribution in [3.63, 3.8) is 0 Å². The predicted molar refractivity (Wildman–Crippen MR) is 68.2 cm³/mol. The van der Waals surface area contributed by atoms with Gasteiger partial charge in [-0.05, 0) is 25.8 Å². The van der Waals surface area contributed by atoms with Gasteiger partial charge in [0.25, 0.3) is 0 Å². The third-order valence-corrected chi connectivity index (χ3v) is 3.12. The van der Waals surface area contributed by atoms with Crippen molar-refractivity contribution in [1.29, 1.82) is 0 Å². The summed E-state index contributed by atoms with van der Waals surface area (Å²) < 4.78 is 10.7. The minimum atomic E-state index is -0.381. The van der Waals surface area contributed by atoms with Crippen molar-refractivity contribution >= 4 is 6.09 Å². The van der Waals surface area contributed by atoms with Gasteiger partial charge in [0.05, 0.1) is 18.2 Å². The molecule has 1 aromatic rings. The monoisotopic (exact) mass is 249 g/mol. The van der Waals surface area contributed by atoms with Gasteiger partial charge in [-0.25, -0.2) is 4.79 Å². The fourth-order valence-corrected chi connectivity index (χ4v) is 2.16. The number of hydrogen-bond acceptors (Lipinski definition) is 3. The Morgan fingerprint density at radius 2 is 2.11 bits per heavy atom. The van der Waals surface area contributed by atoms with E-state index in [9.17, 15) is 4.79 Å². The molecule has 4 heteroatoms. The lowest BCUT2D eigenvalue weighted by molar-refractivity contribution is 0.0589. The highest BCUT2D eigenvalue weighted by Gasteiger charge is 2.30. The molecule has 0 radical (unpaired) electrons. The van der Waals surface area contributed by atoms with E-state index in [2.05, 4.69) is 5.32 Å². The van der Waals surface area contributed by atoms with Crippen LogP contribution in [0.15, 0.2) is 30.3 Å². The van der Waals surface area contributed by atoms with Gasteiger partial charge in [0.2, 0.25) is 0 Å². The number of ether oxygens (including phenoxy) is 2. The van der Waals surface area contributed by atoms with E-state index in [-0.39, 0.29) is 24.3 Å². The first-order chi connectivity index (χ1) is 8.65. The first kappa shape index (κ1) is 12.9. The Morgan fingerprint density at radius 3 is 2.72 bits per heavy atom.